The fraction of sp³-hybridized carbons (Fsp3) is 0.667. The Morgan fingerprint density at radius 1 is 0.960 bits per heavy atom. The number of rotatable bonds is 4. The molecule has 0 saturated carbocycles. The predicted molar refractivity (Wildman–Crippen MR) is 98.6 cm³/mol. The summed E-state index contributed by atoms with van der Waals surface area (Å²) in [5.74, 6) is 0.503. The van der Waals surface area contributed by atoms with E-state index >= 15 is 0 Å². The molecule has 4 heteroatoms. The van der Waals surface area contributed by atoms with Crippen LogP contribution in [0.3, 0.4) is 0 Å². The topological polar surface area (TPSA) is 38.8 Å². The molecule has 0 aliphatic carbocycles. The molecule has 25 heavy (non-hydrogen) atoms. The molecule has 0 aromatic heterocycles. The first-order chi connectivity index (χ1) is 11.9. The van der Waals surface area contributed by atoms with E-state index in [1.807, 2.05) is 4.90 Å². The fourth-order valence-corrected chi connectivity index (χ4v) is 3.95. The Hall–Kier alpha value is -1.39. The van der Waals surface area contributed by atoms with Gasteiger partial charge in [0.2, 0.25) is 5.91 Å². The van der Waals surface area contributed by atoms with Gasteiger partial charge in [0, 0.05) is 25.9 Å². The van der Waals surface area contributed by atoms with Crippen LogP contribution in [0.25, 0.3) is 0 Å². The molecular weight excluding hydrogens is 314 g/mol. The average Bonchev–Trinajstić information content (AvgIpc) is 3.04. The van der Waals surface area contributed by atoms with Gasteiger partial charge in [-0.05, 0) is 23.0 Å². The van der Waals surface area contributed by atoms with Crippen LogP contribution < -0.4 is 0 Å². The lowest BCUT2D eigenvalue weighted by Gasteiger charge is -2.39. The lowest BCUT2D eigenvalue weighted by atomic mass is 9.85. The van der Waals surface area contributed by atoms with Gasteiger partial charge in [-0.3, -0.25) is 4.79 Å². The number of hydrogen-bond acceptors (Lipinski definition) is 3. The summed E-state index contributed by atoms with van der Waals surface area (Å²) >= 11 is 0. The van der Waals surface area contributed by atoms with Gasteiger partial charge < -0.3 is 14.4 Å². The van der Waals surface area contributed by atoms with Gasteiger partial charge in [0.05, 0.1) is 19.1 Å². The summed E-state index contributed by atoms with van der Waals surface area (Å²) in [7, 11) is 0. The van der Waals surface area contributed by atoms with E-state index in [2.05, 4.69) is 52.0 Å². The molecule has 0 bridgehead atoms. The van der Waals surface area contributed by atoms with E-state index in [1.54, 1.807) is 0 Å². The number of likely N-dealkylation sites (tertiary alicyclic amines) is 1. The molecule has 1 atom stereocenters. The molecule has 1 unspecified atom stereocenters. The summed E-state index contributed by atoms with van der Waals surface area (Å²) in [5.41, 5.74) is 2.44. The Kier molecular flexibility index (Phi) is 5.49. The van der Waals surface area contributed by atoms with E-state index in [9.17, 15) is 4.79 Å². The summed E-state index contributed by atoms with van der Waals surface area (Å²) in [5, 5.41) is 0. The van der Waals surface area contributed by atoms with Crippen LogP contribution in [0.15, 0.2) is 24.3 Å². The molecule has 4 nitrogen and oxygen atoms in total. The highest BCUT2D eigenvalue weighted by Gasteiger charge is 2.42. The largest absolute Gasteiger partial charge is 0.347 e. The molecule has 138 valence electrons. The minimum absolute atomic E-state index is 0.0827. The number of benzene rings is 1. The Labute approximate surface area is 151 Å². The number of amides is 1. The molecule has 0 N–H and O–H groups in total. The maximum Gasteiger partial charge on any atom is 0.230 e. The highest BCUT2D eigenvalue weighted by Crippen LogP contribution is 2.34. The van der Waals surface area contributed by atoms with E-state index in [-0.39, 0.29) is 17.7 Å². The van der Waals surface area contributed by atoms with Crippen molar-refractivity contribution in [2.75, 3.05) is 26.3 Å². The van der Waals surface area contributed by atoms with Crippen molar-refractivity contribution in [1.82, 2.24) is 4.90 Å². The lowest BCUT2D eigenvalue weighted by molar-refractivity contribution is -0.188. The molecule has 2 fully saturated rings. The number of carbonyl (C=O) groups excluding carboxylic acids is 1. The molecule has 2 saturated heterocycles. The molecule has 1 aromatic carbocycles. The number of nitrogens with zero attached hydrogens (tertiary/aromatic N) is 1. The zero-order valence-electron chi connectivity index (χ0n) is 16.0. The number of ether oxygens (including phenoxy) is 2. The first-order valence-corrected chi connectivity index (χ1v) is 9.58. The van der Waals surface area contributed by atoms with Crippen LogP contribution >= 0.6 is 0 Å². The van der Waals surface area contributed by atoms with Gasteiger partial charge in [-0.2, -0.15) is 0 Å². The zero-order chi connectivity index (χ0) is 18.0. The van der Waals surface area contributed by atoms with Crippen molar-refractivity contribution in [3.63, 3.8) is 0 Å². The monoisotopic (exact) mass is 345 g/mol. The van der Waals surface area contributed by atoms with E-state index in [0.29, 0.717) is 32.2 Å². The normalized spacial score (nSPS) is 21.3. The summed E-state index contributed by atoms with van der Waals surface area (Å²) in [6.07, 6.45) is 1.55. The molecule has 1 spiro atoms. The third kappa shape index (κ3) is 3.90. The van der Waals surface area contributed by atoms with E-state index in [0.717, 1.165) is 18.4 Å². The van der Waals surface area contributed by atoms with Gasteiger partial charge >= 0.3 is 0 Å². The van der Waals surface area contributed by atoms with Crippen molar-refractivity contribution < 1.29 is 14.3 Å². The molecule has 2 heterocycles. The van der Waals surface area contributed by atoms with Crippen LogP contribution in [0.5, 0.6) is 0 Å². The second kappa shape index (κ2) is 7.46. The Morgan fingerprint density at radius 2 is 1.48 bits per heavy atom. The number of carbonyl (C=O) groups is 1. The van der Waals surface area contributed by atoms with Crippen molar-refractivity contribution in [3.05, 3.63) is 35.4 Å². The van der Waals surface area contributed by atoms with E-state index in [1.165, 1.54) is 5.56 Å². The Balaban J connectivity index is 1.71. The molecule has 3 rings (SSSR count). The highest BCUT2D eigenvalue weighted by atomic mass is 16.7. The third-order valence-electron chi connectivity index (χ3n) is 5.55. The molecule has 2 aliphatic heterocycles. The van der Waals surface area contributed by atoms with Gasteiger partial charge in [-0.1, -0.05) is 52.0 Å². The van der Waals surface area contributed by atoms with Crippen LogP contribution in [0.2, 0.25) is 0 Å². The van der Waals surface area contributed by atoms with Crippen molar-refractivity contribution in [2.24, 2.45) is 5.92 Å². The van der Waals surface area contributed by atoms with E-state index in [4.69, 9.17) is 9.47 Å². The average molecular weight is 345 g/mol. The second-order valence-electron chi connectivity index (χ2n) is 7.98. The minimum Gasteiger partial charge on any atom is -0.347 e. The van der Waals surface area contributed by atoms with Crippen LogP contribution in [0.4, 0.5) is 0 Å². The van der Waals surface area contributed by atoms with Crippen molar-refractivity contribution in [3.8, 4) is 0 Å². The quantitative estimate of drug-likeness (QED) is 0.830. The van der Waals surface area contributed by atoms with Gasteiger partial charge in [0.25, 0.3) is 0 Å². The minimum atomic E-state index is -0.428. The molecular formula is C21H31NO3. The Bertz CT molecular complexity index is 578. The molecule has 2 aliphatic rings. The first-order valence-electron chi connectivity index (χ1n) is 9.58. The first kappa shape index (κ1) is 18.4. The summed E-state index contributed by atoms with van der Waals surface area (Å²) in [6.45, 7) is 11.4. The SMILES string of the molecule is CC(C)c1ccc(C(C(=O)N2CCC3(CC2)OCCO3)C(C)C)cc1. The summed E-state index contributed by atoms with van der Waals surface area (Å²) in [6, 6.07) is 8.58. The summed E-state index contributed by atoms with van der Waals surface area (Å²) in [4.78, 5) is 15.2. The maximum absolute atomic E-state index is 13.2. The fourth-order valence-electron chi connectivity index (χ4n) is 3.95. The van der Waals surface area contributed by atoms with Crippen LogP contribution in [-0.4, -0.2) is 42.9 Å². The number of piperidine rings is 1. The molecule has 0 radical (unpaired) electrons. The van der Waals surface area contributed by atoms with Crippen molar-refractivity contribution >= 4 is 5.91 Å². The molecule has 1 aromatic rings. The van der Waals surface area contributed by atoms with Crippen LogP contribution in [-0.2, 0) is 14.3 Å². The standard InChI is InChI=1S/C21H31NO3/c1-15(2)17-5-7-18(8-6-17)19(16(3)4)20(23)22-11-9-21(10-12-22)24-13-14-25-21/h5-8,15-16,19H,9-14H2,1-4H3. The van der Waals surface area contributed by atoms with Gasteiger partial charge in [-0.15, -0.1) is 0 Å². The highest BCUT2D eigenvalue weighted by molar-refractivity contribution is 5.84. The maximum atomic E-state index is 13.2. The second-order valence-corrected chi connectivity index (χ2v) is 7.98. The van der Waals surface area contributed by atoms with Gasteiger partial charge in [0.15, 0.2) is 5.79 Å². The van der Waals surface area contributed by atoms with Gasteiger partial charge in [0.1, 0.15) is 0 Å². The Morgan fingerprint density at radius 3 is 1.96 bits per heavy atom. The van der Waals surface area contributed by atoms with Crippen molar-refractivity contribution in [2.45, 2.75) is 58.2 Å². The number of hydrogen-bond donors (Lipinski definition) is 0. The van der Waals surface area contributed by atoms with Gasteiger partial charge in [-0.25, -0.2) is 0 Å². The smallest absolute Gasteiger partial charge is 0.230 e. The predicted octanol–water partition coefficient (Wildman–Crippen LogP) is 3.92. The van der Waals surface area contributed by atoms with Crippen LogP contribution in [0, 0.1) is 5.92 Å². The summed E-state index contributed by atoms with van der Waals surface area (Å²) < 4.78 is 11.6. The zero-order valence-corrected chi connectivity index (χ0v) is 16.0. The molecule has 1 amide bonds. The van der Waals surface area contributed by atoms with Crippen LogP contribution in [0.1, 0.15) is 63.5 Å². The van der Waals surface area contributed by atoms with E-state index < -0.39 is 5.79 Å². The van der Waals surface area contributed by atoms with Crippen molar-refractivity contribution in [1.29, 1.82) is 0 Å². The lowest BCUT2D eigenvalue weighted by Crippen LogP contribution is -2.49. The third-order valence-corrected chi connectivity index (χ3v) is 5.55.